The molecule has 0 atom stereocenters. The van der Waals surface area contributed by atoms with E-state index >= 15 is 0 Å². The highest BCUT2D eigenvalue weighted by Gasteiger charge is 2.13. The monoisotopic (exact) mass is 281 g/mol. The average molecular weight is 281 g/mol. The average Bonchev–Trinajstić information content (AvgIpc) is 2.55. The third kappa shape index (κ3) is 3.43. The molecule has 0 unspecified atom stereocenters. The van der Waals surface area contributed by atoms with E-state index in [0.29, 0.717) is 12.1 Å². The van der Waals surface area contributed by atoms with Gasteiger partial charge in [0.25, 0.3) is 5.91 Å². The SMILES string of the molecule is O=C(NCCc1ccccc1)c1ccc2c(c1)CCCO2. The summed E-state index contributed by atoms with van der Waals surface area (Å²) in [5.74, 6) is 0.904. The number of hydrogen-bond acceptors (Lipinski definition) is 2. The Morgan fingerprint density at radius 2 is 2.00 bits per heavy atom. The minimum Gasteiger partial charge on any atom is -0.493 e. The quantitative estimate of drug-likeness (QED) is 0.935. The van der Waals surface area contributed by atoms with Gasteiger partial charge in [-0.1, -0.05) is 30.3 Å². The second-order valence-electron chi connectivity index (χ2n) is 5.27. The first kappa shape index (κ1) is 13.7. The lowest BCUT2D eigenvalue weighted by atomic mass is 10.0. The molecule has 1 N–H and O–H groups in total. The van der Waals surface area contributed by atoms with Gasteiger partial charge in [-0.2, -0.15) is 0 Å². The normalized spacial score (nSPS) is 13.1. The topological polar surface area (TPSA) is 38.3 Å². The van der Waals surface area contributed by atoms with Gasteiger partial charge in [0.05, 0.1) is 6.61 Å². The molecule has 0 saturated heterocycles. The minimum atomic E-state index is -0.0145. The van der Waals surface area contributed by atoms with Crippen LogP contribution in [0.1, 0.15) is 27.9 Å². The van der Waals surface area contributed by atoms with Gasteiger partial charge in [-0.15, -0.1) is 0 Å². The fraction of sp³-hybridized carbons (Fsp3) is 0.278. The van der Waals surface area contributed by atoms with E-state index in [4.69, 9.17) is 4.74 Å². The highest BCUT2D eigenvalue weighted by atomic mass is 16.5. The van der Waals surface area contributed by atoms with E-state index in [2.05, 4.69) is 17.4 Å². The zero-order valence-corrected chi connectivity index (χ0v) is 12.0. The van der Waals surface area contributed by atoms with Gasteiger partial charge >= 0.3 is 0 Å². The molecule has 3 rings (SSSR count). The van der Waals surface area contributed by atoms with Crippen LogP contribution >= 0.6 is 0 Å². The van der Waals surface area contributed by atoms with Crippen LogP contribution in [-0.2, 0) is 12.8 Å². The fourth-order valence-electron chi connectivity index (χ4n) is 2.57. The van der Waals surface area contributed by atoms with Crippen molar-refractivity contribution in [1.29, 1.82) is 0 Å². The first-order chi connectivity index (χ1) is 10.3. The van der Waals surface area contributed by atoms with Crippen LogP contribution in [0.25, 0.3) is 0 Å². The Balaban J connectivity index is 1.58. The third-order valence-corrected chi connectivity index (χ3v) is 3.71. The number of benzene rings is 2. The molecule has 0 aromatic heterocycles. The zero-order chi connectivity index (χ0) is 14.5. The number of amides is 1. The van der Waals surface area contributed by atoms with Crippen molar-refractivity contribution in [2.75, 3.05) is 13.2 Å². The minimum absolute atomic E-state index is 0.0145. The molecule has 2 aromatic rings. The summed E-state index contributed by atoms with van der Waals surface area (Å²) >= 11 is 0. The number of fused-ring (bicyclic) bond motifs is 1. The van der Waals surface area contributed by atoms with Crippen LogP contribution in [0.15, 0.2) is 48.5 Å². The van der Waals surface area contributed by atoms with Gasteiger partial charge in [-0.3, -0.25) is 4.79 Å². The van der Waals surface area contributed by atoms with Crippen molar-refractivity contribution in [3.05, 3.63) is 65.2 Å². The van der Waals surface area contributed by atoms with E-state index in [1.54, 1.807) is 0 Å². The van der Waals surface area contributed by atoms with E-state index in [-0.39, 0.29) is 5.91 Å². The molecule has 3 heteroatoms. The summed E-state index contributed by atoms with van der Waals surface area (Å²) in [5.41, 5.74) is 3.08. The van der Waals surface area contributed by atoms with Crippen molar-refractivity contribution >= 4 is 5.91 Å². The van der Waals surface area contributed by atoms with Gasteiger partial charge in [-0.05, 0) is 48.6 Å². The number of aryl methyl sites for hydroxylation is 1. The predicted octanol–water partition coefficient (Wildman–Crippen LogP) is 2.98. The maximum Gasteiger partial charge on any atom is 0.251 e. The lowest BCUT2D eigenvalue weighted by Gasteiger charge is -2.17. The molecule has 0 saturated carbocycles. The molecule has 21 heavy (non-hydrogen) atoms. The summed E-state index contributed by atoms with van der Waals surface area (Å²) in [5, 5.41) is 2.97. The summed E-state index contributed by atoms with van der Waals surface area (Å²) in [6.07, 6.45) is 2.85. The van der Waals surface area contributed by atoms with Crippen LogP contribution in [-0.4, -0.2) is 19.1 Å². The van der Waals surface area contributed by atoms with Gasteiger partial charge in [0.2, 0.25) is 0 Å². The van der Waals surface area contributed by atoms with E-state index in [9.17, 15) is 4.79 Å². The van der Waals surface area contributed by atoms with Crippen LogP contribution < -0.4 is 10.1 Å². The van der Waals surface area contributed by atoms with Crippen LogP contribution in [0, 0.1) is 0 Å². The highest BCUT2D eigenvalue weighted by molar-refractivity contribution is 5.94. The maximum atomic E-state index is 12.2. The van der Waals surface area contributed by atoms with Gasteiger partial charge < -0.3 is 10.1 Å². The second kappa shape index (κ2) is 6.44. The van der Waals surface area contributed by atoms with Crippen molar-refractivity contribution in [2.24, 2.45) is 0 Å². The molecule has 1 aliphatic rings. The lowest BCUT2D eigenvalue weighted by Crippen LogP contribution is -2.26. The Kier molecular flexibility index (Phi) is 4.20. The van der Waals surface area contributed by atoms with Crippen LogP contribution in [0.5, 0.6) is 5.75 Å². The van der Waals surface area contributed by atoms with Crippen molar-refractivity contribution in [3.8, 4) is 5.75 Å². The van der Waals surface area contributed by atoms with Crippen LogP contribution in [0.2, 0.25) is 0 Å². The summed E-state index contributed by atoms with van der Waals surface area (Å²) in [6.45, 7) is 1.42. The van der Waals surface area contributed by atoms with Gasteiger partial charge in [0, 0.05) is 12.1 Å². The smallest absolute Gasteiger partial charge is 0.251 e. The lowest BCUT2D eigenvalue weighted by molar-refractivity contribution is 0.0954. The molecular formula is C18H19NO2. The van der Waals surface area contributed by atoms with Gasteiger partial charge in [-0.25, -0.2) is 0 Å². The molecule has 0 fully saturated rings. The number of carbonyl (C=O) groups is 1. The first-order valence-corrected chi connectivity index (χ1v) is 7.41. The van der Waals surface area contributed by atoms with Crippen molar-refractivity contribution < 1.29 is 9.53 Å². The molecular weight excluding hydrogens is 262 g/mol. The number of rotatable bonds is 4. The molecule has 0 bridgehead atoms. The number of ether oxygens (including phenoxy) is 1. The van der Waals surface area contributed by atoms with Crippen molar-refractivity contribution in [3.63, 3.8) is 0 Å². The Labute approximate surface area is 124 Å². The molecule has 1 amide bonds. The van der Waals surface area contributed by atoms with Gasteiger partial charge in [0.15, 0.2) is 0 Å². The Morgan fingerprint density at radius 1 is 1.14 bits per heavy atom. The molecule has 0 radical (unpaired) electrons. The highest BCUT2D eigenvalue weighted by Crippen LogP contribution is 2.25. The largest absolute Gasteiger partial charge is 0.493 e. The van der Waals surface area contributed by atoms with E-state index in [0.717, 1.165) is 37.2 Å². The standard InChI is InChI=1S/C18H19NO2/c20-18(19-11-10-14-5-2-1-3-6-14)16-8-9-17-15(13-16)7-4-12-21-17/h1-3,5-6,8-9,13H,4,7,10-12H2,(H,19,20). The first-order valence-electron chi connectivity index (χ1n) is 7.41. The Morgan fingerprint density at radius 3 is 2.86 bits per heavy atom. The van der Waals surface area contributed by atoms with E-state index in [1.165, 1.54) is 5.56 Å². The molecule has 0 aliphatic carbocycles. The molecule has 0 spiro atoms. The van der Waals surface area contributed by atoms with Gasteiger partial charge in [0.1, 0.15) is 5.75 Å². The van der Waals surface area contributed by atoms with E-state index in [1.807, 2.05) is 36.4 Å². The fourth-order valence-corrected chi connectivity index (χ4v) is 2.57. The second-order valence-corrected chi connectivity index (χ2v) is 5.27. The Bertz CT molecular complexity index is 622. The molecule has 3 nitrogen and oxygen atoms in total. The zero-order valence-electron chi connectivity index (χ0n) is 12.0. The molecule has 108 valence electrons. The van der Waals surface area contributed by atoms with Crippen molar-refractivity contribution in [1.82, 2.24) is 5.32 Å². The van der Waals surface area contributed by atoms with Crippen molar-refractivity contribution in [2.45, 2.75) is 19.3 Å². The van der Waals surface area contributed by atoms with E-state index < -0.39 is 0 Å². The number of carbonyl (C=O) groups excluding carboxylic acids is 1. The molecule has 1 aliphatic heterocycles. The summed E-state index contributed by atoms with van der Waals surface area (Å²) in [4.78, 5) is 12.2. The van der Waals surface area contributed by atoms with Crippen LogP contribution in [0.4, 0.5) is 0 Å². The summed E-state index contributed by atoms with van der Waals surface area (Å²) in [7, 11) is 0. The predicted molar refractivity (Wildman–Crippen MR) is 82.7 cm³/mol. The van der Waals surface area contributed by atoms with Crippen LogP contribution in [0.3, 0.4) is 0 Å². The summed E-state index contributed by atoms with van der Waals surface area (Å²) < 4.78 is 5.57. The molecule has 2 aromatic carbocycles. The maximum absolute atomic E-state index is 12.2. The summed E-state index contributed by atoms with van der Waals surface area (Å²) in [6, 6.07) is 15.9. The molecule has 1 heterocycles. The number of nitrogens with one attached hydrogen (secondary N) is 1. The number of hydrogen-bond donors (Lipinski definition) is 1. The Hall–Kier alpha value is -2.29. The third-order valence-electron chi connectivity index (χ3n) is 3.71.